The van der Waals surface area contributed by atoms with E-state index in [4.69, 9.17) is 4.74 Å². The van der Waals surface area contributed by atoms with Crippen LogP contribution in [0, 0.1) is 0 Å². The molecule has 2 saturated heterocycles. The van der Waals surface area contributed by atoms with Crippen LogP contribution in [0.5, 0.6) is 5.75 Å². The summed E-state index contributed by atoms with van der Waals surface area (Å²) >= 11 is 0. The van der Waals surface area contributed by atoms with Gasteiger partial charge in [-0.05, 0) is 49.6 Å². The predicted octanol–water partition coefficient (Wildman–Crippen LogP) is 0.578. The summed E-state index contributed by atoms with van der Waals surface area (Å²) in [6, 6.07) is 4.91. The quantitative estimate of drug-likeness (QED) is 0.784. The van der Waals surface area contributed by atoms with Crippen LogP contribution >= 0.6 is 0 Å². The van der Waals surface area contributed by atoms with Crippen LogP contribution < -0.4 is 15.4 Å². The van der Waals surface area contributed by atoms with Crippen molar-refractivity contribution in [2.75, 3.05) is 13.1 Å². The van der Waals surface area contributed by atoms with Crippen molar-refractivity contribution in [2.24, 2.45) is 0 Å². The van der Waals surface area contributed by atoms with Crippen molar-refractivity contribution in [3.8, 4) is 5.75 Å². The minimum Gasteiger partial charge on any atom is -0.489 e. The van der Waals surface area contributed by atoms with Crippen LogP contribution in [0.2, 0.25) is 0 Å². The number of piperidine rings is 2. The fourth-order valence-electron chi connectivity index (χ4n) is 3.74. The smallest absolute Gasteiger partial charge is 0.255 e. The Hall–Kier alpha value is -2.41. The van der Waals surface area contributed by atoms with Gasteiger partial charge in [0.1, 0.15) is 17.9 Å². The van der Waals surface area contributed by atoms with Crippen LogP contribution in [0.3, 0.4) is 0 Å². The molecule has 2 N–H and O–H groups in total. The number of nitrogens with zero attached hydrogens (tertiary/aromatic N) is 1. The number of hydrogen-bond donors (Lipinski definition) is 2. The molecule has 2 fully saturated rings. The first-order chi connectivity index (χ1) is 12.1. The van der Waals surface area contributed by atoms with Crippen molar-refractivity contribution in [1.29, 1.82) is 0 Å². The molecular formula is C18H21N3O4. The van der Waals surface area contributed by atoms with Crippen molar-refractivity contribution in [3.63, 3.8) is 0 Å². The van der Waals surface area contributed by atoms with E-state index in [9.17, 15) is 14.4 Å². The molecule has 3 aliphatic heterocycles. The molecule has 0 bridgehead atoms. The molecule has 0 saturated carbocycles. The van der Waals surface area contributed by atoms with Gasteiger partial charge in [0.2, 0.25) is 11.8 Å². The Balaban J connectivity index is 1.49. The molecule has 2 atom stereocenters. The van der Waals surface area contributed by atoms with Gasteiger partial charge in [-0.2, -0.15) is 0 Å². The van der Waals surface area contributed by atoms with Crippen LogP contribution in [0.25, 0.3) is 0 Å². The van der Waals surface area contributed by atoms with Crippen molar-refractivity contribution < 1.29 is 19.1 Å². The minimum absolute atomic E-state index is 0.148. The number of carbonyl (C=O) groups excluding carboxylic acids is 3. The number of nitrogens with one attached hydrogen (secondary N) is 2. The zero-order valence-corrected chi connectivity index (χ0v) is 13.9. The molecule has 0 aliphatic carbocycles. The maximum absolute atomic E-state index is 12.6. The van der Waals surface area contributed by atoms with Gasteiger partial charge in [-0.1, -0.05) is 0 Å². The van der Waals surface area contributed by atoms with Crippen LogP contribution in [0.4, 0.5) is 0 Å². The predicted molar refractivity (Wildman–Crippen MR) is 89.0 cm³/mol. The molecule has 0 aromatic heterocycles. The Morgan fingerprint density at radius 2 is 2.04 bits per heavy atom. The number of rotatable bonds is 3. The molecule has 7 heteroatoms. The summed E-state index contributed by atoms with van der Waals surface area (Å²) in [5.74, 6) is -0.0647. The van der Waals surface area contributed by atoms with Gasteiger partial charge >= 0.3 is 0 Å². The van der Waals surface area contributed by atoms with E-state index in [1.54, 1.807) is 11.0 Å². The summed E-state index contributed by atoms with van der Waals surface area (Å²) in [5, 5.41) is 5.63. The largest absolute Gasteiger partial charge is 0.489 e. The Morgan fingerprint density at radius 3 is 2.80 bits per heavy atom. The second-order valence-electron chi connectivity index (χ2n) is 6.81. The van der Waals surface area contributed by atoms with Crippen molar-refractivity contribution >= 4 is 17.7 Å². The third-order valence-corrected chi connectivity index (χ3v) is 5.05. The first-order valence-corrected chi connectivity index (χ1v) is 8.77. The van der Waals surface area contributed by atoms with E-state index in [2.05, 4.69) is 10.6 Å². The summed E-state index contributed by atoms with van der Waals surface area (Å²) in [7, 11) is 0. The number of imide groups is 1. The molecule has 1 aromatic rings. The number of fused-ring (bicyclic) bond motifs is 1. The summed E-state index contributed by atoms with van der Waals surface area (Å²) in [4.78, 5) is 37.6. The second kappa shape index (κ2) is 6.48. The Kier molecular flexibility index (Phi) is 4.17. The zero-order chi connectivity index (χ0) is 17.4. The van der Waals surface area contributed by atoms with Crippen LogP contribution in [0.1, 0.15) is 41.6 Å². The molecule has 4 rings (SSSR count). The molecule has 132 valence electrons. The van der Waals surface area contributed by atoms with E-state index < -0.39 is 6.04 Å². The normalized spacial score (nSPS) is 26.4. The number of hydrogen-bond acceptors (Lipinski definition) is 5. The van der Waals surface area contributed by atoms with Crippen molar-refractivity contribution in [1.82, 2.24) is 15.5 Å². The summed E-state index contributed by atoms with van der Waals surface area (Å²) in [6.07, 6.45) is 2.90. The zero-order valence-electron chi connectivity index (χ0n) is 13.9. The molecule has 3 aliphatic rings. The van der Waals surface area contributed by atoms with E-state index in [0.29, 0.717) is 18.5 Å². The molecule has 0 radical (unpaired) electrons. The van der Waals surface area contributed by atoms with Gasteiger partial charge in [0.15, 0.2) is 0 Å². The lowest BCUT2D eigenvalue weighted by molar-refractivity contribution is -0.136. The molecular weight excluding hydrogens is 322 g/mol. The summed E-state index contributed by atoms with van der Waals surface area (Å²) < 4.78 is 6.02. The molecule has 25 heavy (non-hydrogen) atoms. The van der Waals surface area contributed by atoms with Crippen molar-refractivity contribution in [2.45, 2.75) is 44.4 Å². The van der Waals surface area contributed by atoms with Gasteiger partial charge in [0, 0.05) is 25.1 Å². The first-order valence-electron chi connectivity index (χ1n) is 8.77. The number of ether oxygens (including phenoxy) is 1. The highest BCUT2D eigenvalue weighted by Crippen LogP contribution is 2.30. The van der Waals surface area contributed by atoms with Gasteiger partial charge < -0.3 is 15.0 Å². The average Bonchev–Trinajstić information content (AvgIpc) is 2.92. The van der Waals surface area contributed by atoms with Gasteiger partial charge in [0.25, 0.3) is 5.91 Å². The van der Waals surface area contributed by atoms with Crippen LogP contribution in [0.15, 0.2) is 18.2 Å². The monoisotopic (exact) mass is 343 g/mol. The second-order valence-corrected chi connectivity index (χ2v) is 6.81. The van der Waals surface area contributed by atoms with E-state index >= 15 is 0 Å². The summed E-state index contributed by atoms with van der Waals surface area (Å²) in [5.41, 5.74) is 1.48. The Labute approximate surface area is 145 Å². The number of carbonyl (C=O) groups is 3. The number of benzene rings is 1. The van der Waals surface area contributed by atoms with Gasteiger partial charge in [-0.15, -0.1) is 0 Å². The van der Waals surface area contributed by atoms with Crippen molar-refractivity contribution in [3.05, 3.63) is 29.3 Å². The topological polar surface area (TPSA) is 87.7 Å². The molecule has 0 spiro atoms. The third-order valence-electron chi connectivity index (χ3n) is 5.05. The highest BCUT2D eigenvalue weighted by atomic mass is 16.5. The molecule has 1 aromatic carbocycles. The highest BCUT2D eigenvalue weighted by molar-refractivity contribution is 6.05. The maximum atomic E-state index is 12.6. The minimum atomic E-state index is -0.579. The fourth-order valence-corrected chi connectivity index (χ4v) is 3.74. The van der Waals surface area contributed by atoms with E-state index in [1.807, 2.05) is 12.1 Å². The van der Waals surface area contributed by atoms with Crippen LogP contribution in [-0.4, -0.2) is 47.9 Å². The molecule has 3 amide bonds. The fraction of sp³-hybridized carbons (Fsp3) is 0.500. The molecule has 3 heterocycles. The Bertz CT molecular complexity index is 727. The lowest BCUT2D eigenvalue weighted by Gasteiger charge is -2.29. The SMILES string of the molecule is O=C1CCC(N2Cc3cc(O[C@@H]4CCCNC4)ccc3C2=O)C(=O)N1. The van der Waals surface area contributed by atoms with E-state index in [-0.39, 0.29) is 30.2 Å². The highest BCUT2D eigenvalue weighted by Gasteiger charge is 2.39. The van der Waals surface area contributed by atoms with E-state index in [0.717, 1.165) is 37.2 Å². The van der Waals surface area contributed by atoms with Gasteiger partial charge in [0.05, 0.1) is 0 Å². The van der Waals surface area contributed by atoms with Gasteiger partial charge in [-0.25, -0.2) is 0 Å². The first kappa shape index (κ1) is 16.1. The van der Waals surface area contributed by atoms with Gasteiger partial charge in [-0.3, -0.25) is 19.7 Å². The molecule has 7 nitrogen and oxygen atoms in total. The third kappa shape index (κ3) is 3.11. The lowest BCUT2D eigenvalue weighted by Crippen LogP contribution is -2.52. The van der Waals surface area contributed by atoms with Crippen LogP contribution in [-0.2, 0) is 16.1 Å². The molecule has 1 unspecified atom stereocenters. The Morgan fingerprint density at radius 1 is 1.16 bits per heavy atom. The average molecular weight is 343 g/mol. The number of amides is 3. The lowest BCUT2D eigenvalue weighted by atomic mass is 10.0. The standard InChI is InChI=1S/C18H21N3O4/c22-16-6-5-15(17(23)20-16)21-10-11-8-12(3-4-14(11)18(21)24)25-13-2-1-7-19-9-13/h3-4,8,13,15,19H,1-2,5-7,9-10H2,(H,20,22,23)/t13-,15?/m1/s1. The summed E-state index contributed by atoms with van der Waals surface area (Å²) in [6.45, 7) is 2.23. The maximum Gasteiger partial charge on any atom is 0.255 e. The van der Waals surface area contributed by atoms with E-state index in [1.165, 1.54) is 0 Å².